The van der Waals surface area contributed by atoms with Crippen molar-refractivity contribution in [3.8, 4) is 17.2 Å². The van der Waals surface area contributed by atoms with Crippen LogP contribution >= 0.6 is 0 Å². The number of hydrogen-bond acceptors (Lipinski definition) is 6. The first kappa shape index (κ1) is 25.4. The van der Waals surface area contributed by atoms with Gasteiger partial charge >= 0.3 is 5.97 Å². The highest BCUT2D eigenvalue weighted by Gasteiger charge is 2.14. The van der Waals surface area contributed by atoms with E-state index >= 15 is 0 Å². The summed E-state index contributed by atoms with van der Waals surface area (Å²) in [6, 6.07) is 25.5. The van der Waals surface area contributed by atoms with Crippen molar-refractivity contribution >= 4 is 28.9 Å². The molecule has 1 N–H and O–H groups in total. The zero-order valence-electron chi connectivity index (χ0n) is 20.8. The fraction of sp³-hybridized carbons (Fsp3) is 0.167. The van der Waals surface area contributed by atoms with Gasteiger partial charge < -0.3 is 14.2 Å². The minimum absolute atomic E-state index is 0.183. The Morgan fingerprint density at radius 1 is 0.838 bits per heavy atom. The van der Waals surface area contributed by atoms with Gasteiger partial charge in [0.25, 0.3) is 5.91 Å². The minimum Gasteiger partial charge on any atom is -0.494 e. The molecule has 0 unspecified atom stereocenters. The molecule has 0 fully saturated rings. The lowest BCUT2D eigenvalue weighted by molar-refractivity contribution is -0.123. The summed E-state index contributed by atoms with van der Waals surface area (Å²) >= 11 is 0. The summed E-state index contributed by atoms with van der Waals surface area (Å²) < 4.78 is 16.7. The van der Waals surface area contributed by atoms with Gasteiger partial charge in [-0.25, -0.2) is 10.2 Å². The summed E-state index contributed by atoms with van der Waals surface area (Å²) in [5.41, 5.74) is 4.61. The van der Waals surface area contributed by atoms with E-state index < -0.39 is 11.9 Å². The molecule has 1 amide bonds. The molecule has 7 heteroatoms. The van der Waals surface area contributed by atoms with Crippen LogP contribution in [0.15, 0.2) is 90.0 Å². The van der Waals surface area contributed by atoms with Crippen molar-refractivity contribution in [1.29, 1.82) is 0 Å². The summed E-state index contributed by atoms with van der Waals surface area (Å²) in [5.74, 6) is 0.676. The second-order valence-corrected chi connectivity index (χ2v) is 8.12. The number of amides is 1. The summed E-state index contributed by atoms with van der Waals surface area (Å²) in [6.45, 7) is 4.32. The smallest absolute Gasteiger partial charge is 0.343 e. The van der Waals surface area contributed by atoms with E-state index in [0.717, 1.165) is 17.2 Å². The molecule has 0 aliphatic heterocycles. The van der Waals surface area contributed by atoms with E-state index in [4.69, 9.17) is 14.2 Å². The van der Waals surface area contributed by atoms with Crippen LogP contribution in [0.3, 0.4) is 0 Å². The number of nitrogens with one attached hydrogen (secondary N) is 1. The number of carbonyl (C=O) groups is 2. The number of fused-ring (bicyclic) bond motifs is 1. The number of ether oxygens (including phenoxy) is 3. The molecule has 0 aliphatic rings. The highest BCUT2D eigenvalue weighted by atomic mass is 16.5. The van der Waals surface area contributed by atoms with E-state index in [2.05, 4.69) is 17.5 Å². The molecule has 0 aliphatic carbocycles. The SMILES string of the molecule is CCOc1ccc(C(=O)Oc2ccc3ccccc3c2/C=N\NC(=O)COc2ccc(CC)cc2)cc1. The van der Waals surface area contributed by atoms with Gasteiger partial charge in [0.2, 0.25) is 0 Å². The van der Waals surface area contributed by atoms with Crippen molar-refractivity contribution < 1.29 is 23.8 Å². The van der Waals surface area contributed by atoms with Crippen molar-refractivity contribution in [2.24, 2.45) is 5.10 Å². The molecule has 4 rings (SSSR count). The van der Waals surface area contributed by atoms with Crippen LogP contribution in [0.5, 0.6) is 17.2 Å². The van der Waals surface area contributed by atoms with E-state index in [-0.39, 0.29) is 6.61 Å². The lowest BCUT2D eigenvalue weighted by Crippen LogP contribution is -2.24. The molecule has 0 heterocycles. The van der Waals surface area contributed by atoms with Crippen LogP contribution in [0.4, 0.5) is 0 Å². The van der Waals surface area contributed by atoms with Gasteiger partial charge in [0.05, 0.1) is 18.4 Å². The van der Waals surface area contributed by atoms with E-state index in [1.54, 1.807) is 30.3 Å². The second-order valence-electron chi connectivity index (χ2n) is 8.12. The van der Waals surface area contributed by atoms with Crippen LogP contribution < -0.4 is 19.6 Å². The highest BCUT2D eigenvalue weighted by molar-refractivity contribution is 6.04. The van der Waals surface area contributed by atoms with Gasteiger partial charge in [-0.3, -0.25) is 4.79 Å². The molecule has 4 aromatic rings. The molecule has 188 valence electrons. The zero-order valence-corrected chi connectivity index (χ0v) is 20.8. The van der Waals surface area contributed by atoms with Crippen molar-refractivity contribution in [2.75, 3.05) is 13.2 Å². The van der Waals surface area contributed by atoms with Crippen molar-refractivity contribution in [3.05, 3.63) is 102 Å². The number of nitrogens with zero attached hydrogens (tertiary/aromatic N) is 1. The molecule has 7 nitrogen and oxygen atoms in total. The van der Waals surface area contributed by atoms with Crippen LogP contribution in [0.2, 0.25) is 0 Å². The maximum atomic E-state index is 12.8. The third-order valence-electron chi connectivity index (χ3n) is 5.62. The Morgan fingerprint density at radius 3 is 2.27 bits per heavy atom. The number of carbonyl (C=O) groups excluding carboxylic acids is 2. The minimum atomic E-state index is -0.514. The van der Waals surface area contributed by atoms with Crippen molar-refractivity contribution in [2.45, 2.75) is 20.3 Å². The number of hydrazone groups is 1. The van der Waals surface area contributed by atoms with Gasteiger partial charge in [0, 0.05) is 5.56 Å². The van der Waals surface area contributed by atoms with E-state index in [1.807, 2.05) is 61.5 Å². The summed E-state index contributed by atoms with van der Waals surface area (Å²) in [4.78, 5) is 25.1. The van der Waals surface area contributed by atoms with Crippen molar-refractivity contribution in [3.63, 3.8) is 0 Å². The fourth-order valence-corrected chi connectivity index (χ4v) is 3.68. The normalized spacial score (nSPS) is 10.9. The molecular formula is C30H28N2O5. The number of aryl methyl sites for hydroxylation is 1. The van der Waals surface area contributed by atoms with Crippen LogP contribution in [-0.2, 0) is 11.2 Å². The van der Waals surface area contributed by atoms with Crippen LogP contribution in [0.1, 0.15) is 35.3 Å². The van der Waals surface area contributed by atoms with Crippen LogP contribution in [0, 0.1) is 0 Å². The van der Waals surface area contributed by atoms with Gasteiger partial charge in [-0.05, 0) is 72.1 Å². The molecule has 4 aromatic carbocycles. The van der Waals surface area contributed by atoms with Crippen LogP contribution in [-0.4, -0.2) is 31.3 Å². The third-order valence-corrected chi connectivity index (χ3v) is 5.62. The monoisotopic (exact) mass is 496 g/mol. The Balaban J connectivity index is 1.46. The average molecular weight is 497 g/mol. The Kier molecular flexibility index (Phi) is 8.49. The fourth-order valence-electron chi connectivity index (χ4n) is 3.68. The Hall–Kier alpha value is -4.65. The van der Waals surface area contributed by atoms with Gasteiger partial charge in [0.1, 0.15) is 17.2 Å². The van der Waals surface area contributed by atoms with Crippen molar-refractivity contribution in [1.82, 2.24) is 5.43 Å². The first-order valence-electron chi connectivity index (χ1n) is 12.1. The van der Waals surface area contributed by atoms with Gasteiger partial charge in [-0.1, -0.05) is 49.4 Å². The number of hydrogen-bond donors (Lipinski definition) is 1. The summed E-state index contributed by atoms with van der Waals surface area (Å²) in [6.07, 6.45) is 2.40. The lowest BCUT2D eigenvalue weighted by atomic mass is 10.0. The number of rotatable bonds is 10. The highest BCUT2D eigenvalue weighted by Crippen LogP contribution is 2.27. The zero-order chi connectivity index (χ0) is 26.0. The molecule has 0 radical (unpaired) electrons. The molecule has 0 saturated heterocycles. The average Bonchev–Trinajstić information content (AvgIpc) is 2.93. The standard InChI is InChI=1S/C30H28N2O5/c1-3-21-9-14-25(15-10-21)36-20-29(33)32-31-19-27-26-8-6-5-7-22(26)13-18-28(27)37-30(34)23-11-16-24(17-12-23)35-4-2/h5-19H,3-4,20H2,1-2H3,(H,32,33)/b31-19-. The maximum Gasteiger partial charge on any atom is 0.343 e. The Bertz CT molecular complexity index is 1400. The first-order chi connectivity index (χ1) is 18.1. The third kappa shape index (κ3) is 6.73. The molecule has 0 spiro atoms. The molecule has 0 atom stereocenters. The molecular weight excluding hydrogens is 468 g/mol. The molecule has 0 bridgehead atoms. The Labute approximate surface area is 215 Å². The van der Waals surface area contributed by atoms with Gasteiger partial charge in [0.15, 0.2) is 6.61 Å². The van der Waals surface area contributed by atoms with Gasteiger partial charge in [-0.15, -0.1) is 0 Å². The predicted molar refractivity (Wildman–Crippen MR) is 144 cm³/mol. The lowest BCUT2D eigenvalue weighted by Gasteiger charge is -2.11. The Morgan fingerprint density at radius 2 is 1.54 bits per heavy atom. The molecule has 0 aromatic heterocycles. The topological polar surface area (TPSA) is 86.2 Å². The van der Waals surface area contributed by atoms with Crippen LogP contribution in [0.25, 0.3) is 10.8 Å². The molecule has 0 saturated carbocycles. The maximum absolute atomic E-state index is 12.8. The number of benzene rings is 4. The summed E-state index contributed by atoms with van der Waals surface area (Å²) in [5, 5.41) is 5.86. The predicted octanol–water partition coefficient (Wildman–Crippen LogP) is 5.55. The quantitative estimate of drug-likeness (QED) is 0.135. The van der Waals surface area contributed by atoms with Gasteiger partial charge in [-0.2, -0.15) is 5.10 Å². The largest absolute Gasteiger partial charge is 0.494 e. The second kappa shape index (κ2) is 12.4. The van der Waals surface area contributed by atoms with E-state index in [0.29, 0.717) is 35.0 Å². The summed E-state index contributed by atoms with van der Waals surface area (Å²) in [7, 11) is 0. The van der Waals surface area contributed by atoms with E-state index in [1.165, 1.54) is 11.8 Å². The number of esters is 1. The molecule has 37 heavy (non-hydrogen) atoms. The first-order valence-corrected chi connectivity index (χ1v) is 12.1. The van der Waals surface area contributed by atoms with E-state index in [9.17, 15) is 9.59 Å².